The molecule has 0 bridgehead atoms. The highest BCUT2D eigenvalue weighted by Crippen LogP contribution is 2.12. The van der Waals surface area contributed by atoms with Crippen LogP contribution in [0.15, 0.2) is 33.5 Å². The average molecular weight is 305 g/mol. The lowest BCUT2D eigenvalue weighted by Gasteiger charge is -2.28. The van der Waals surface area contributed by atoms with Crippen molar-refractivity contribution in [3.8, 4) is 0 Å². The van der Waals surface area contributed by atoms with E-state index in [1.54, 1.807) is 10.6 Å². The van der Waals surface area contributed by atoms with Gasteiger partial charge in [0.15, 0.2) is 12.3 Å². The van der Waals surface area contributed by atoms with Gasteiger partial charge in [0, 0.05) is 0 Å². The molecule has 1 aromatic carbocycles. The SMILES string of the molecule is CCOC(=O)[C@H]1CCC[NH+](Cn2c(=O)oc3ccccc32)C1. The number of esters is 1. The van der Waals surface area contributed by atoms with Crippen molar-refractivity contribution >= 4 is 17.1 Å². The number of nitrogens with one attached hydrogen (secondary N) is 1. The van der Waals surface area contributed by atoms with Crippen LogP contribution in [-0.2, 0) is 16.2 Å². The van der Waals surface area contributed by atoms with Gasteiger partial charge in [-0.2, -0.15) is 0 Å². The fourth-order valence-corrected chi connectivity index (χ4v) is 3.14. The van der Waals surface area contributed by atoms with Gasteiger partial charge in [0.05, 0.1) is 25.2 Å². The van der Waals surface area contributed by atoms with Crippen LogP contribution >= 0.6 is 0 Å². The molecule has 1 aliphatic heterocycles. The lowest BCUT2D eigenvalue weighted by Crippen LogP contribution is -3.13. The minimum absolute atomic E-state index is 0.0717. The number of rotatable bonds is 4. The number of para-hydroxylation sites is 2. The molecule has 118 valence electrons. The summed E-state index contributed by atoms with van der Waals surface area (Å²) in [6.07, 6.45) is 1.83. The third kappa shape index (κ3) is 2.92. The van der Waals surface area contributed by atoms with E-state index in [0.29, 0.717) is 25.4 Å². The molecule has 6 heteroatoms. The van der Waals surface area contributed by atoms with Gasteiger partial charge < -0.3 is 14.1 Å². The molecule has 0 amide bonds. The number of fused-ring (bicyclic) bond motifs is 1. The Hall–Kier alpha value is -2.08. The third-order valence-corrected chi connectivity index (χ3v) is 4.19. The molecule has 1 aromatic heterocycles. The number of oxazole rings is 1. The molecule has 1 N–H and O–H groups in total. The zero-order valence-corrected chi connectivity index (χ0v) is 12.7. The average Bonchev–Trinajstić information content (AvgIpc) is 2.84. The van der Waals surface area contributed by atoms with Gasteiger partial charge in [0.1, 0.15) is 5.92 Å². The summed E-state index contributed by atoms with van der Waals surface area (Å²) < 4.78 is 12.0. The molecular formula is C16H21N2O4+. The van der Waals surface area contributed by atoms with Crippen molar-refractivity contribution in [2.75, 3.05) is 19.7 Å². The summed E-state index contributed by atoms with van der Waals surface area (Å²) in [7, 11) is 0. The summed E-state index contributed by atoms with van der Waals surface area (Å²) in [6.45, 7) is 4.40. The molecule has 0 aliphatic carbocycles. The highest BCUT2D eigenvalue weighted by Gasteiger charge is 2.30. The van der Waals surface area contributed by atoms with E-state index in [0.717, 1.165) is 24.9 Å². The van der Waals surface area contributed by atoms with Gasteiger partial charge in [-0.3, -0.25) is 4.79 Å². The summed E-state index contributed by atoms with van der Waals surface area (Å²) in [5.41, 5.74) is 1.41. The predicted octanol–water partition coefficient (Wildman–Crippen LogP) is 0.410. The topological polar surface area (TPSA) is 65.9 Å². The number of hydrogen-bond acceptors (Lipinski definition) is 4. The monoisotopic (exact) mass is 305 g/mol. The van der Waals surface area contributed by atoms with Crippen LogP contribution in [0.25, 0.3) is 11.1 Å². The number of ether oxygens (including phenoxy) is 1. The second-order valence-electron chi connectivity index (χ2n) is 5.72. The Bertz CT molecular complexity index is 718. The summed E-state index contributed by atoms with van der Waals surface area (Å²) >= 11 is 0. The Balaban J connectivity index is 1.76. The Morgan fingerprint density at radius 1 is 1.45 bits per heavy atom. The normalized spacial score (nSPS) is 21.9. The number of piperidine rings is 1. The first kappa shape index (κ1) is 14.8. The molecule has 0 radical (unpaired) electrons. The van der Waals surface area contributed by atoms with Gasteiger partial charge in [0.2, 0.25) is 0 Å². The minimum atomic E-state index is -0.341. The quantitative estimate of drug-likeness (QED) is 0.831. The van der Waals surface area contributed by atoms with Crippen molar-refractivity contribution in [2.45, 2.75) is 26.4 Å². The van der Waals surface area contributed by atoms with E-state index in [1.165, 1.54) is 4.90 Å². The van der Waals surface area contributed by atoms with Crippen LogP contribution in [0.3, 0.4) is 0 Å². The fraction of sp³-hybridized carbons (Fsp3) is 0.500. The highest BCUT2D eigenvalue weighted by atomic mass is 16.5. The Labute approximate surface area is 128 Å². The number of carbonyl (C=O) groups is 1. The second kappa shape index (κ2) is 6.36. The Morgan fingerprint density at radius 2 is 2.27 bits per heavy atom. The molecule has 0 saturated carbocycles. The first-order chi connectivity index (χ1) is 10.7. The number of aromatic nitrogens is 1. The lowest BCUT2D eigenvalue weighted by atomic mass is 9.98. The molecule has 2 heterocycles. The van der Waals surface area contributed by atoms with Crippen molar-refractivity contribution in [3.63, 3.8) is 0 Å². The van der Waals surface area contributed by atoms with Crippen LogP contribution in [0.2, 0.25) is 0 Å². The first-order valence-electron chi connectivity index (χ1n) is 7.77. The van der Waals surface area contributed by atoms with Crippen molar-refractivity contribution in [3.05, 3.63) is 34.8 Å². The maximum atomic E-state index is 12.0. The first-order valence-corrected chi connectivity index (χ1v) is 7.77. The molecule has 6 nitrogen and oxygen atoms in total. The maximum Gasteiger partial charge on any atom is 0.424 e. The molecule has 1 unspecified atom stereocenters. The van der Waals surface area contributed by atoms with Crippen LogP contribution in [0.5, 0.6) is 0 Å². The largest absolute Gasteiger partial charge is 0.466 e. The van der Waals surface area contributed by atoms with E-state index < -0.39 is 0 Å². The number of hydrogen-bond donors (Lipinski definition) is 1. The molecule has 1 aliphatic rings. The minimum Gasteiger partial charge on any atom is -0.466 e. The summed E-state index contributed by atoms with van der Waals surface area (Å²) in [4.78, 5) is 25.1. The van der Waals surface area contributed by atoms with Crippen molar-refractivity contribution < 1.29 is 18.8 Å². The number of benzene rings is 1. The second-order valence-corrected chi connectivity index (χ2v) is 5.72. The van der Waals surface area contributed by atoms with Gasteiger partial charge in [0.25, 0.3) is 0 Å². The van der Waals surface area contributed by atoms with Crippen molar-refractivity contribution in [1.82, 2.24) is 4.57 Å². The molecule has 22 heavy (non-hydrogen) atoms. The van der Waals surface area contributed by atoms with E-state index in [-0.39, 0.29) is 17.6 Å². The van der Waals surface area contributed by atoms with Crippen LogP contribution < -0.4 is 10.7 Å². The molecule has 2 atom stereocenters. The van der Waals surface area contributed by atoms with Crippen molar-refractivity contribution in [1.29, 1.82) is 0 Å². The molecule has 0 spiro atoms. The fourth-order valence-electron chi connectivity index (χ4n) is 3.14. The highest BCUT2D eigenvalue weighted by molar-refractivity contribution is 5.73. The number of quaternary nitrogens is 1. The van der Waals surface area contributed by atoms with E-state index >= 15 is 0 Å². The molecular weight excluding hydrogens is 284 g/mol. The standard InChI is InChI=1S/C16H20N2O4/c1-2-21-15(19)12-6-5-9-17(10-12)11-18-13-7-3-4-8-14(13)22-16(18)20/h3-4,7-8,12H,2,5-6,9-11H2,1H3/p+1/t12-/m0/s1. The summed E-state index contributed by atoms with van der Waals surface area (Å²) in [6, 6.07) is 7.41. The van der Waals surface area contributed by atoms with E-state index in [9.17, 15) is 9.59 Å². The summed E-state index contributed by atoms with van der Waals surface area (Å²) in [5, 5.41) is 0. The van der Waals surface area contributed by atoms with Crippen molar-refractivity contribution in [2.24, 2.45) is 5.92 Å². The molecule has 2 aromatic rings. The van der Waals surface area contributed by atoms with Gasteiger partial charge in [-0.1, -0.05) is 12.1 Å². The van der Waals surface area contributed by atoms with Gasteiger partial charge >= 0.3 is 11.7 Å². The zero-order valence-electron chi connectivity index (χ0n) is 12.7. The van der Waals surface area contributed by atoms with Crippen LogP contribution in [0, 0.1) is 5.92 Å². The Morgan fingerprint density at radius 3 is 3.09 bits per heavy atom. The zero-order chi connectivity index (χ0) is 15.5. The molecule has 1 fully saturated rings. The number of likely N-dealkylation sites (tertiary alicyclic amines) is 1. The Kier molecular flexibility index (Phi) is 4.29. The maximum absolute atomic E-state index is 12.0. The number of nitrogens with zero attached hydrogens (tertiary/aromatic N) is 1. The van der Waals surface area contributed by atoms with Crippen LogP contribution in [-0.4, -0.2) is 30.2 Å². The van der Waals surface area contributed by atoms with Crippen LogP contribution in [0.4, 0.5) is 0 Å². The van der Waals surface area contributed by atoms with Crippen LogP contribution in [0.1, 0.15) is 19.8 Å². The van der Waals surface area contributed by atoms with Gasteiger partial charge in [-0.05, 0) is 31.9 Å². The number of carbonyl (C=O) groups excluding carboxylic acids is 1. The van der Waals surface area contributed by atoms with Gasteiger partial charge in [-0.15, -0.1) is 0 Å². The smallest absolute Gasteiger partial charge is 0.424 e. The van der Waals surface area contributed by atoms with Gasteiger partial charge in [-0.25, -0.2) is 9.36 Å². The lowest BCUT2D eigenvalue weighted by molar-refractivity contribution is -0.929. The van der Waals surface area contributed by atoms with E-state index in [4.69, 9.17) is 9.15 Å². The van der Waals surface area contributed by atoms with E-state index in [1.807, 2.05) is 25.1 Å². The summed E-state index contributed by atoms with van der Waals surface area (Å²) in [5.74, 6) is -0.534. The predicted molar refractivity (Wildman–Crippen MR) is 80.5 cm³/mol. The molecule has 1 saturated heterocycles. The third-order valence-electron chi connectivity index (χ3n) is 4.19. The molecule has 3 rings (SSSR count). The van der Waals surface area contributed by atoms with E-state index in [2.05, 4.69) is 0 Å².